The number of nitrogens with two attached hydrogens (primary N) is 1. The number of benzene rings is 2. The van der Waals surface area contributed by atoms with Crippen LogP contribution in [0.2, 0.25) is 10.0 Å². The molecule has 0 atom stereocenters. The van der Waals surface area contributed by atoms with Crippen molar-refractivity contribution in [1.82, 2.24) is 30.3 Å². The van der Waals surface area contributed by atoms with Gasteiger partial charge in [0.05, 0.1) is 5.69 Å². The number of nitrogen functional groups attached to an aromatic ring is 1. The van der Waals surface area contributed by atoms with Crippen molar-refractivity contribution in [2.24, 2.45) is 0 Å². The van der Waals surface area contributed by atoms with Gasteiger partial charge in [-0.05, 0) is 42.0 Å². The molecule has 0 bridgehead atoms. The van der Waals surface area contributed by atoms with E-state index in [1.807, 2.05) is 0 Å². The smallest absolute Gasteiger partial charge is 0.251 e. The van der Waals surface area contributed by atoms with Gasteiger partial charge in [-0.15, -0.1) is 15.0 Å². The van der Waals surface area contributed by atoms with Crippen LogP contribution in [0.4, 0.5) is 5.95 Å². The van der Waals surface area contributed by atoms with Crippen LogP contribution in [-0.2, 0) is 6.54 Å². The Morgan fingerprint density at radius 3 is 2.62 bits per heavy atom. The Labute approximate surface area is 174 Å². The van der Waals surface area contributed by atoms with Crippen LogP contribution < -0.4 is 11.1 Å². The molecule has 9 nitrogen and oxygen atoms in total. The summed E-state index contributed by atoms with van der Waals surface area (Å²) in [5, 5.41) is 22.0. The molecular formula is C18H13Cl2N7O2. The highest BCUT2D eigenvalue weighted by molar-refractivity contribution is 6.34. The van der Waals surface area contributed by atoms with Crippen LogP contribution >= 0.6 is 23.2 Å². The van der Waals surface area contributed by atoms with Crippen molar-refractivity contribution >= 4 is 46.2 Å². The van der Waals surface area contributed by atoms with Gasteiger partial charge in [0.25, 0.3) is 5.91 Å². The molecule has 0 unspecified atom stereocenters. The Morgan fingerprint density at radius 2 is 1.86 bits per heavy atom. The predicted molar refractivity (Wildman–Crippen MR) is 108 cm³/mol. The van der Waals surface area contributed by atoms with Crippen molar-refractivity contribution in [1.29, 1.82) is 0 Å². The molecule has 4 N–H and O–H groups in total. The first kappa shape index (κ1) is 18.9. The maximum absolute atomic E-state index is 12.5. The van der Waals surface area contributed by atoms with Crippen LogP contribution in [-0.4, -0.2) is 36.0 Å². The molecule has 29 heavy (non-hydrogen) atoms. The van der Waals surface area contributed by atoms with Crippen molar-refractivity contribution in [3.05, 3.63) is 63.6 Å². The van der Waals surface area contributed by atoms with Crippen molar-refractivity contribution in [2.75, 3.05) is 5.73 Å². The van der Waals surface area contributed by atoms with E-state index < -0.39 is 0 Å². The molecule has 0 aliphatic carbocycles. The molecule has 1 amide bonds. The van der Waals surface area contributed by atoms with Crippen LogP contribution in [0.5, 0.6) is 5.88 Å². The van der Waals surface area contributed by atoms with E-state index in [9.17, 15) is 9.90 Å². The van der Waals surface area contributed by atoms with Gasteiger partial charge in [0.2, 0.25) is 17.5 Å². The molecule has 2 aromatic carbocycles. The molecule has 4 rings (SSSR count). The zero-order chi connectivity index (χ0) is 20.5. The van der Waals surface area contributed by atoms with Crippen LogP contribution in [0, 0.1) is 0 Å². The number of anilines is 1. The molecule has 11 heteroatoms. The molecule has 0 fully saturated rings. The maximum Gasteiger partial charge on any atom is 0.251 e. The molecule has 0 radical (unpaired) electrons. The van der Waals surface area contributed by atoms with E-state index >= 15 is 0 Å². The molecule has 2 aromatic heterocycles. The fraction of sp³-hybridized carbons (Fsp3) is 0.0556. The zero-order valence-electron chi connectivity index (χ0n) is 14.7. The largest absolute Gasteiger partial charge is 0.492 e. The Hall–Kier alpha value is -3.43. The van der Waals surface area contributed by atoms with E-state index in [2.05, 4.69) is 25.5 Å². The summed E-state index contributed by atoms with van der Waals surface area (Å²) < 4.78 is 0. The number of nitrogens with one attached hydrogen (secondary N) is 1. The van der Waals surface area contributed by atoms with E-state index in [1.165, 1.54) is 4.80 Å². The lowest BCUT2D eigenvalue weighted by molar-refractivity contribution is 0.0951. The summed E-state index contributed by atoms with van der Waals surface area (Å²) in [5.74, 6) is -0.782. The van der Waals surface area contributed by atoms with Gasteiger partial charge in [-0.25, -0.2) is 0 Å². The lowest BCUT2D eigenvalue weighted by atomic mass is 10.1. The minimum atomic E-state index is -0.368. The van der Waals surface area contributed by atoms with Gasteiger partial charge in [-0.2, -0.15) is 9.97 Å². The summed E-state index contributed by atoms with van der Waals surface area (Å²) in [5.41, 5.74) is 7.42. The van der Waals surface area contributed by atoms with Gasteiger partial charge in [0, 0.05) is 22.2 Å². The highest BCUT2D eigenvalue weighted by atomic mass is 35.5. The molecule has 0 saturated heterocycles. The summed E-state index contributed by atoms with van der Waals surface area (Å²) in [7, 11) is 0. The predicted octanol–water partition coefficient (Wildman–Crippen LogP) is 2.74. The number of rotatable bonds is 4. The minimum absolute atomic E-state index is 0.104. The van der Waals surface area contributed by atoms with Crippen LogP contribution in [0.1, 0.15) is 15.9 Å². The van der Waals surface area contributed by atoms with E-state index in [-0.39, 0.29) is 35.4 Å². The Bertz CT molecular complexity index is 1220. The number of hydrogen-bond acceptors (Lipinski definition) is 7. The second-order valence-electron chi connectivity index (χ2n) is 6.08. The first-order valence-electron chi connectivity index (χ1n) is 8.32. The first-order valence-corrected chi connectivity index (χ1v) is 9.08. The highest BCUT2D eigenvalue weighted by Gasteiger charge is 2.14. The number of carbonyl (C=O) groups excluding carboxylic acids is 1. The summed E-state index contributed by atoms with van der Waals surface area (Å²) in [6.07, 6.45) is 0. The fourth-order valence-electron chi connectivity index (χ4n) is 2.70. The van der Waals surface area contributed by atoms with Crippen molar-refractivity contribution in [3.8, 4) is 11.6 Å². The summed E-state index contributed by atoms with van der Waals surface area (Å²) >= 11 is 12.0. The van der Waals surface area contributed by atoms with Crippen molar-refractivity contribution in [3.63, 3.8) is 0 Å². The minimum Gasteiger partial charge on any atom is -0.492 e. The van der Waals surface area contributed by atoms with Crippen LogP contribution in [0.25, 0.3) is 16.9 Å². The number of carbonyl (C=O) groups is 1. The summed E-state index contributed by atoms with van der Waals surface area (Å²) in [4.78, 5) is 21.4. The molecule has 0 saturated carbocycles. The SMILES string of the molecule is Nc1nc(O)c2nn(-c3cccc(C(=O)NCc4cc(Cl)cc(Cl)c4)c3)nc2n1. The number of nitrogens with zero attached hydrogens (tertiary/aromatic N) is 5. The van der Waals surface area contributed by atoms with Gasteiger partial charge in [-0.3, -0.25) is 4.79 Å². The Kier molecular flexibility index (Phi) is 4.91. The number of aromatic hydroxyl groups is 1. The Morgan fingerprint density at radius 1 is 1.10 bits per heavy atom. The van der Waals surface area contributed by atoms with E-state index in [1.54, 1.807) is 42.5 Å². The van der Waals surface area contributed by atoms with Crippen molar-refractivity contribution in [2.45, 2.75) is 6.54 Å². The number of hydrogen-bond donors (Lipinski definition) is 3. The van der Waals surface area contributed by atoms with Gasteiger partial charge >= 0.3 is 0 Å². The summed E-state index contributed by atoms with van der Waals surface area (Å²) in [6.45, 7) is 0.260. The third-order valence-corrected chi connectivity index (χ3v) is 4.40. The maximum atomic E-state index is 12.5. The number of amides is 1. The van der Waals surface area contributed by atoms with Crippen LogP contribution in [0.3, 0.4) is 0 Å². The second-order valence-corrected chi connectivity index (χ2v) is 6.95. The van der Waals surface area contributed by atoms with E-state index in [0.717, 1.165) is 5.56 Å². The average molecular weight is 430 g/mol. The molecule has 4 aromatic rings. The second kappa shape index (κ2) is 7.53. The zero-order valence-corrected chi connectivity index (χ0v) is 16.2. The van der Waals surface area contributed by atoms with Gasteiger partial charge in [0.15, 0.2) is 5.52 Å². The summed E-state index contributed by atoms with van der Waals surface area (Å²) in [6, 6.07) is 11.7. The Balaban J connectivity index is 1.57. The fourth-order valence-corrected chi connectivity index (χ4v) is 3.27. The lowest BCUT2D eigenvalue weighted by Crippen LogP contribution is -2.23. The normalized spacial score (nSPS) is 11.0. The van der Waals surface area contributed by atoms with E-state index in [4.69, 9.17) is 28.9 Å². The first-order chi connectivity index (χ1) is 13.9. The molecular weight excluding hydrogens is 417 g/mol. The van der Waals surface area contributed by atoms with Crippen molar-refractivity contribution < 1.29 is 9.90 Å². The average Bonchev–Trinajstić information content (AvgIpc) is 3.10. The van der Waals surface area contributed by atoms with Gasteiger partial charge in [-0.1, -0.05) is 29.3 Å². The highest BCUT2D eigenvalue weighted by Crippen LogP contribution is 2.21. The lowest BCUT2D eigenvalue weighted by Gasteiger charge is -2.08. The van der Waals surface area contributed by atoms with Crippen LogP contribution in [0.15, 0.2) is 42.5 Å². The standard InChI is InChI=1S/C18H13Cl2N7O2/c19-11-4-9(5-12(20)7-11)8-22-16(28)10-2-1-3-13(6-10)27-25-14-15(26-27)23-18(21)24-17(14)29/h1-7H,8H2,(H,22,28)(H3,21,23,24,26,29). The number of aromatic nitrogens is 5. The quantitative estimate of drug-likeness (QED) is 0.454. The van der Waals surface area contributed by atoms with E-state index in [0.29, 0.717) is 21.3 Å². The number of halogens is 2. The molecule has 146 valence electrons. The third kappa shape index (κ3) is 4.05. The molecule has 0 spiro atoms. The topological polar surface area (TPSA) is 132 Å². The van der Waals surface area contributed by atoms with Gasteiger partial charge < -0.3 is 16.2 Å². The van der Waals surface area contributed by atoms with Gasteiger partial charge in [0.1, 0.15) is 0 Å². The molecule has 2 heterocycles. The third-order valence-electron chi connectivity index (χ3n) is 3.96. The molecule has 0 aliphatic rings. The molecule has 0 aliphatic heterocycles. The number of fused-ring (bicyclic) bond motifs is 1. The monoisotopic (exact) mass is 429 g/mol.